The molecular weight excluding hydrogens is 198 g/mol. The van der Waals surface area contributed by atoms with Crippen LogP contribution in [0.2, 0.25) is 0 Å². The van der Waals surface area contributed by atoms with E-state index >= 15 is 0 Å². The third-order valence-electron chi connectivity index (χ3n) is 2.17. The van der Waals surface area contributed by atoms with Crippen LogP contribution in [0, 0.1) is 0 Å². The average molecular weight is 210 g/mol. The maximum Gasteiger partial charge on any atom is 0.126 e. The normalized spacial score (nSPS) is 11.0. The van der Waals surface area contributed by atoms with E-state index in [9.17, 15) is 0 Å². The highest BCUT2D eigenvalue weighted by Crippen LogP contribution is 2.17. The lowest BCUT2D eigenvalue weighted by atomic mass is 10.3. The van der Waals surface area contributed by atoms with Gasteiger partial charge in [-0.05, 0) is 19.2 Å². The Morgan fingerprint density at radius 2 is 2.21 bits per heavy atom. The molecule has 0 aliphatic heterocycles. The van der Waals surface area contributed by atoms with E-state index < -0.39 is 0 Å². The molecule has 0 radical (unpaired) electrons. The second-order valence-corrected chi connectivity index (χ2v) is 3.49. The van der Waals surface area contributed by atoms with Crippen LogP contribution < -0.4 is 5.32 Å². The Hall–Kier alpha value is -1.06. The molecule has 0 amide bonds. The van der Waals surface area contributed by atoms with Crippen LogP contribution in [0.3, 0.4) is 0 Å². The fourth-order valence-electron chi connectivity index (χ4n) is 1.44. The molecule has 0 bridgehead atoms. The Morgan fingerprint density at radius 3 is 2.93 bits per heavy atom. The van der Waals surface area contributed by atoms with Crippen molar-refractivity contribution >= 4 is 22.8 Å². The van der Waals surface area contributed by atoms with Crippen LogP contribution in [-0.2, 0) is 6.42 Å². The van der Waals surface area contributed by atoms with E-state index in [1.54, 1.807) is 4.09 Å². The first kappa shape index (κ1) is 9.49. The number of likely N-dealkylation sites (N-methyl/N-ethyl adjacent to an activating group) is 1. The lowest BCUT2D eigenvalue weighted by molar-refractivity contribution is 0.759. The van der Waals surface area contributed by atoms with E-state index in [0.717, 1.165) is 29.8 Å². The number of para-hydroxylation sites is 2. The highest BCUT2D eigenvalue weighted by molar-refractivity contribution is 6.19. The van der Waals surface area contributed by atoms with Gasteiger partial charge >= 0.3 is 0 Å². The second-order valence-electron chi connectivity index (χ2n) is 3.15. The first-order valence-electron chi connectivity index (χ1n) is 4.60. The molecule has 14 heavy (non-hydrogen) atoms. The first-order chi connectivity index (χ1) is 6.83. The van der Waals surface area contributed by atoms with Crippen LogP contribution in [-0.4, -0.2) is 22.7 Å². The van der Waals surface area contributed by atoms with Crippen LogP contribution in [0.15, 0.2) is 24.3 Å². The zero-order valence-electron chi connectivity index (χ0n) is 8.00. The SMILES string of the molecule is CNCCc1nc2ccccc2n1Cl. The van der Waals surface area contributed by atoms with Gasteiger partial charge in [-0.25, -0.2) is 9.07 Å². The van der Waals surface area contributed by atoms with E-state index in [4.69, 9.17) is 11.8 Å². The molecule has 0 aliphatic carbocycles. The third kappa shape index (κ3) is 1.61. The van der Waals surface area contributed by atoms with Gasteiger partial charge in [0.25, 0.3) is 0 Å². The molecule has 0 unspecified atom stereocenters. The Balaban J connectivity index is 2.41. The molecule has 4 heteroatoms. The van der Waals surface area contributed by atoms with Crippen LogP contribution in [0.25, 0.3) is 11.0 Å². The van der Waals surface area contributed by atoms with Crippen molar-refractivity contribution in [2.75, 3.05) is 13.6 Å². The van der Waals surface area contributed by atoms with E-state index in [1.165, 1.54) is 0 Å². The maximum atomic E-state index is 6.12. The lowest BCUT2D eigenvalue weighted by Crippen LogP contribution is -2.12. The quantitative estimate of drug-likeness (QED) is 0.836. The van der Waals surface area contributed by atoms with E-state index in [-0.39, 0.29) is 0 Å². The van der Waals surface area contributed by atoms with Gasteiger partial charge in [0.1, 0.15) is 5.82 Å². The molecule has 74 valence electrons. The predicted molar refractivity (Wildman–Crippen MR) is 58.6 cm³/mol. The van der Waals surface area contributed by atoms with Crippen molar-refractivity contribution in [1.29, 1.82) is 0 Å². The van der Waals surface area contributed by atoms with Crippen molar-refractivity contribution < 1.29 is 0 Å². The van der Waals surface area contributed by atoms with Crippen molar-refractivity contribution in [3.63, 3.8) is 0 Å². The predicted octanol–water partition coefficient (Wildman–Crippen LogP) is 1.80. The van der Waals surface area contributed by atoms with Crippen LogP contribution in [0.5, 0.6) is 0 Å². The summed E-state index contributed by atoms with van der Waals surface area (Å²) >= 11 is 6.12. The average Bonchev–Trinajstić information content (AvgIpc) is 2.54. The van der Waals surface area contributed by atoms with Crippen molar-refractivity contribution in [2.24, 2.45) is 0 Å². The Morgan fingerprint density at radius 1 is 1.43 bits per heavy atom. The summed E-state index contributed by atoms with van der Waals surface area (Å²) in [6, 6.07) is 7.87. The number of halogens is 1. The van der Waals surface area contributed by atoms with Gasteiger partial charge in [-0.15, -0.1) is 0 Å². The largest absolute Gasteiger partial charge is 0.319 e. The Bertz CT molecular complexity index is 436. The van der Waals surface area contributed by atoms with Gasteiger partial charge in [-0.1, -0.05) is 12.1 Å². The standard InChI is InChI=1S/C10H12ClN3/c1-12-7-6-10-13-8-4-2-3-5-9(8)14(10)11/h2-5,12H,6-7H2,1H3. The summed E-state index contributed by atoms with van der Waals surface area (Å²) in [6.45, 7) is 0.885. The molecule has 2 aromatic rings. The summed E-state index contributed by atoms with van der Waals surface area (Å²) in [5.41, 5.74) is 1.92. The number of benzene rings is 1. The number of imidazole rings is 1. The van der Waals surface area contributed by atoms with Gasteiger partial charge in [-0.3, -0.25) is 0 Å². The monoisotopic (exact) mass is 209 g/mol. The summed E-state index contributed by atoms with van der Waals surface area (Å²) < 4.78 is 1.63. The number of nitrogens with zero attached hydrogens (tertiary/aromatic N) is 2. The zero-order chi connectivity index (χ0) is 9.97. The molecule has 0 fully saturated rings. The second kappa shape index (κ2) is 3.98. The minimum absolute atomic E-state index is 0.842. The number of fused-ring (bicyclic) bond motifs is 1. The highest BCUT2D eigenvalue weighted by atomic mass is 35.5. The minimum Gasteiger partial charge on any atom is -0.319 e. The molecule has 1 N–H and O–H groups in total. The van der Waals surface area contributed by atoms with Crippen LogP contribution >= 0.6 is 11.8 Å². The zero-order valence-corrected chi connectivity index (χ0v) is 8.75. The van der Waals surface area contributed by atoms with Gasteiger partial charge in [0.05, 0.1) is 11.0 Å². The molecule has 0 atom stereocenters. The maximum absolute atomic E-state index is 6.12. The number of hydrogen-bond donors (Lipinski definition) is 1. The number of rotatable bonds is 3. The summed E-state index contributed by atoms with van der Waals surface area (Å²) in [5, 5.41) is 3.08. The highest BCUT2D eigenvalue weighted by Gasteiger charge is 2.07. The molecule has 1 heterocycles. The van der Waals surface area contributed by atoms with E-state index in [2.05, 4.69) is 10.3 Å². The summed E-state index contributed by atoms with van der Waals surface area (Å²) in [4.78, 5) is 4.44. The van der Waals surface area contributed by atoms with Gasteiger partial charge < -0.3 is 5.32 Å². The Labute approximate surface area is 87.8 Å². The van der Waals surface area contributed by atoms with Crippen molar-refractivity contribution in [3.05, 3.63) is 30.1 Å². The number of nitrogens with one attached hydrogen (secondary N) is 1. The first-order valence-corrected chi connectivity index (χ1v) is 4.94. The summed E-state index contributed by atoms with van der Waals surface area (Å²) in [5.74, 6) is 0.905. The van der Waals surface area contributed by atoms with Gasteiger partial charge in [0, 0.05) is 24.7 Å². The third-order valence-corrected chi connectivity index (χ3v) is 2.55. The van der Waals surface area contributed by atoms with Crippen molar-refractivity contribution in [3.8, 4) is 0 Å². The lowest BCUT2D eigenvalue weighted by Gasteiger charge is -1.98. The summed E-state index contributed by atoms with van der Waals surface area (Å²) in [7, 11) is 1.92. The smallest absolute Gasteiger partial charge is 0.126 e. The molecular formula is C10H12ClN3. The molecule has 0 saturated carbocycles. The number of aromatic nitrogens is 2. The van der Waals surface area contributed by atoms with Gasteiger partial charge in [0.2, 0.25) is 0 Å². The summed E-state index contributed by atoms with van der Waals surface area (Å²) in [6.07, 6.45) is 0.842. The van der Waals surface area contributed by atoms with Crippen molar-refractivity contribution in [1.82, 2.24) is 14.4 Å². The van der Waals surface area contributed by atoms with E-state index in [0.29, 0.717) is 0 Å². The fourth-order valence-corrected chi connectivity index (χ4v) is 1.70. The van der Waals surface area contributed by atoms with Gasteiger partial charge in [-0.2, -0.15) is 0 Å². The molecule has 1 aromatic heterocycles. The topological polar surface area (TPSA) is 29.9 Å². The minimum atomic E-state index is 0.842. The molecule has 1 aromatic carbocycles. The Kier molecular flexibility index (Phi) is 2.70. The van der Waals surface area contributed by atoms with Crippen molar-refractivity contribution in [2.45, 2.75) is 6.42 Å². The molecule has 2 rings (SSSR count). The fraction of sp³-hybridized carbons (Fsp3) is 0.300. The van der Waals surface area contributed by atoms with Crippen LogP contribution in [0.4, 0.5) is 0 Å². The van der Waals surface area contributed by atoms with Gasteiger partial charge in [0.15, 0.2) is 0 Å². The molecule has 0 spiro atoms. The number of hydrogen-bond acceptors (Lipinski definition) is 2. The van der Waals surface area contributed by atoms with Crippen LogP contribution in [0.1, 0.15) is 5.82 Å². The van der Waals surface area contributed by atoms with E-state index in [1.807, 2.05) is 31.3 Å². The molecule has 0 aliphatic rings. The molecule has 0 saturated heterocycles. The molecule has 3 nitrogen and oxygen atoms in total.